The molecular formula is C18H27FO2. The highest BCUT2D eigenvalue weighted by Crippen LogP contribution is 2.36. The first kappa shape index (κ1) is 16.4. The second-order valence-electron chi connectivity index (χ2n) is 7.77. The number of halogens is 1. The third kappa shape index (κ3) is 4.27. The normalized spacial score (nSPS) is 21.2. The monoisotopic (exact) mass is 294 g/mol. The van der Waals surface area contributed by atoms with Crippen molar-refractivity contribution >= 4 is 0 Å². The Morgan fingerprint density at radius 3 is 2.10 bits per heavy atom. The maximum Gasteiger partial charge on any atom is 0.165 e. The molecule has 0 amide bonds. The maximum absolute atomic E-state index is 13.0. The highest BCUT2D eigenvalue weighted by Gasteiger charge is 2.38. The zero-order valence-electron chi connectivity index (χ0n) is 13.8. The van der Waals surface area contributed by atoms with Gasteiger partial charge in [0.1, 0.15) is 5.82 Å². The summed E-state index contributed by atoms with van der Waals surface area (Å²) in [6.07, 6.45) is 1.75. The van der Waals surface area contributed by atoms with Crippen molar-refractivity contribution in [3.63, 3.8) is 0 Å². The van der Waals surface area contributed by atoms with Crippen LogP contribution < -0.4 is 0 Å². The summed E-state index contributed by atoms with van der Waals surface area (Å²) in [6.45, 7) is 12.1. The Balaban J connectivity index is 1.97. The van der Waals surface area contributed by atoms with Gasteiger partial charge in [-0.1, -0.05) is 39.8 Å². The minimum absolute atomic E-state index is 0.0314. The molecule has 0 N–H and O–H groups in total. The van der Waals surface area contributed by atoms with Gasteiger partial charge in [0, 0.05) is 11.8 Å². The molecule has 1 saturated heterocycles. The van der Waals surface area contributed by atoms with Crippen molar-refractivity contribution in [2.45, 2.75) is 58.7 Å². The molecule has 0 aliphatic carbocycles. The molecule has 1 fully saturated rings. The Hall–Kier alpha value is -0.930. The molecule has 1 heterocycles. The molecule has 118 valence electrons. The summed E-state index contributed by atoms with van der Waals surface area (Å²) in [5.74, 6) is -0.699. The highest BCUT2D eigenvalue weighted by molar-refractivity contribution is 5.24. The first-order valence-corrected chi connectivity index (χ1v) is 7.66. The van der Waals surface area contributed by atoms with Crippen molar-refractivity contribution in [3.8, 4) is 0 Å². The third-order valence-corrected chi connectivity index (χ3v) is 4.37. The van der Waals surface area contributed by atoms with E-state index in [0.717, 1.165) is 31.6 Å². The summed E-state index contributed by atoms with van der Waals surface area (Å²) in [4.78, 5) is 0. The summed E-state index contributed by atoms with van der Waals surface area (Å²) in [7, 11) is 0. The van der Waals surface area contributed by atoms with E-state index in [9.17, 15) is 4.39 Å². The van der Waals surface area contributed by atoms with E-state index in [-0.39, 0.29) is 16.6 Å². The van der Waals surface area contributed by atoms with Crippen LogP contribution in [-0.2, 0) is 14.9 Å². The van der Waals surface area contributed by atoms with Gasteiger partial charge in [0.05, 0.1) is 13.2 Å². The topological polar surface area (TPSA) is 18.5 Å². The molecule has 2 rings (SSSR count). The molecule has 21 heavy (non-hydrogen) atoms. The molecule has 0 radical (unpaired) electrons. The van der Waals surface area contributed by atoms with Crippen LogP contribution in [0.5, 0.6) is 0 Å². The van der Waals surface area contributed by atoms with Crippen LogP contribution in [-0.4, -0.2) is 19.0 Å². The number of hydrogen-bond donors (Lipinski definition) is 0. The van der Waals surface area contributed by atoms with Crippen molar-refractivity contribution in [1.82, 2.24) is 0 Å². The van der Waals surface area contributed by atoms with Crippen LogP contribution in [0.25, 0.3) is 0 Å². The Kier molecular flexibility index (Phi) is 4.46. The lowest BCUT2D eigenvalue weighted by atomic mass is 9.79. The predicted octanol–water partition coefficient (Wildman–Crippen LogP) is 4.67. The summed E-state index contributed by atoms with van der Waals surface area (Å²) < 4.78 is 24.9. The van der Waals surface area contributed by atoms with E-state index in [1.807, 2.05) is 19.1 Å². The third-order valence-electron chi connectivity index (χ3n) is 4.37. The molecule has 1 aliphatic rings. The Bertz CT molecular complexity index is 466. The van der Waals surface area contributed by atoms with Crippen LogP contribution >= 0.6 is 0 Å². The van der Waals surface area contributed by atoms with Gasteiger partial charge in [0.25, 0.3) is 0 Å². The smallest absolute Gasteiger partial charge is 0.165 e. The molecule has 1 aromatic rings. The second kappa shape index (κ2) is 5.69. The zero-order valence-corrected chi connectivity index (χ0v) is 13.8. The van der Waals surface area contributed by atoms with E-state index in [1.165, 1.54) is 12.1 Å². The predicted molar refractivity (Wildman–Crippen MR) is 82.8 cm³/mol. The van der Waals surface area contributed by atoms with Crippen LogP contribution in [0.3, 0.4) is 0 Å². The van der Waals surface area contributed by atoms with Gasteiger partial charge in [-0.15, -0.1) is 0 Å². The lowest BCUT2D eigenvalue weighted by Crippen LogP contribution is -2.46. The summed E-state index contributed by atoms with van der Waals surface area (Å²) >= 11 is 0. The van der Waals surface area contributed by atoms with Crippen molar-refractivity contribution in [2.75, 3.05) is 13.2 Å². The van der Waals surface area contributed by atoms with Gasteiger partial charge in [-0.25, -0.2) is 4.39 Å². The molecule has 1 aliphatic heterocycles. The van der Waals surface area contributed by atoms with Gasteiger partial charge in [-0.2, -0.15) is 0 Å². The molecule has 0 unspecified atom stereocenters. The molecule has 3 heteroatoms. The minimum atomic E-state index is -0.507. The van der Waals surface area contributed by atoms with Gasteiger partial charge in [0.2, 0.25) is 0 Å². The fourth-order valence-electron chi connectivity index (χ4n) is 2.51. The molecule has 0 bridgehead atoms. The number of hydrogen-bond acceptors (Lipinski definition) is 2. The lowest BCUT2D eigenvalue weighted by molar-refractivity contribution is -0.293. The first-order chi connectivity index (χ1) is 9.62. The summed E-state index contributed by atoms with van der Waals surface area (Å²) in [5, 5.41) is 0. The highest BCUT2D eigenvalue weighted by atomic mass is 19.1. The Morgan fingerprint density at radius 2 is 1.57 bits per heavy atom. The van der Waals surface area contributed by atoms with Gasteiger partial charge < -0.3 is 9.47 Å². The molecule has 0 atom stereocenters. The SMILES string of the molecule is CC1(C)COC(C)(CCC(C)(C)c2ccc(F)cc2)OC1. The van der Waals surface area contributed by atoms with Crippen molar-refractivity contribution in [1.29, 1.82) is 0 Å². The van der Waals surface area contributed by atoms with E-state index < -0.39 is 5.79 Å². The molecule has 0 saturated carbocycles. The average Bonchev–Trinajstić information content (AvgIpc) is 2.42. The van der Waals surface area contributed by atoms with Gasteiger partial charge in [-0.05, 0) is 36.5 Å². The Morgan fingerprint density at radius 1 is 1.05 bits per heavy atom. The number of benzene rings is 1. The standard InChI is InChI=1S/C18H27FO2/c1-16(2)12-20-18(5,21-13-16)11-10-17(3,4)14-6-8-15(19)9-7-14/h6-9H,10-13H2,1-5H3. The van der Waals surface area contributed by atoms with E-state index in [0.29, 0.717) is 0 Å². The van der Waals surface area contributed by atoms with Crippen molar-refractivity contribution in [3.05, 3.63) is 35.6 Å². The van der Waals surface area contributed by atoms with Crippen LogP contribution in [0.4, 0.5) is 4.39 Å². The molecule has 1 aromatic carbocycles. The van der Waals surface area contributed by atoms with Crippen molar-refractivity contribution in [2.24, 2.45) is 5.41 Å². The Labute approximate surface area is 127 Å². The quantitative estimate of drug-likeness (QED) is 0.803. The molecular weight excluding hydrogens is 267 g/mol. The summed E-state index contributed by atoms with van der Waals surface area (Å²) in [5.41, 5.74) is 1.20. The van der Waals surface area contributed by atoms with E-state index in [4.69, 9.17) is 9.47 Å². The van der Waals surface area contributed by atoms with E-state index in [1.54, 1.807) is 0 Å². The van der Waals surface area contributed by atoms with Crippen LogP contribution in [0, 0.1) is 11.2 Å². The average molecular weight is 294 g/mol. The first-order valence-electron chi connectivity index (χ1n) is 7.66. The van der Waals surface area contributed by atoms with Gasteiger partial charge in [0.15, 0.2) is 5.79 Å². The molecule has 0 spiro atoms. The van der Waals surface area contributed by atoms with Crippen LogP contribution in [0.15, 0.2) is 24.3 Å². The number of rotatable bonds is 4. The molecule has 2 nitrogen and oxygen atoms in total. The second-order valence-corrected chi connectivity index (χ2v) is 7.77. The van der Waals surface area contributed by atoms with Crippen LogP contribution in [0.1, 0.15) is 53.0 Å². The fraction of sp³-hybridized carbons (Fsp3) is 0.667. The minimum Gasteiger partial charge on any atom is -0.350 e. The van der Waals surface area contributed by atoms with E-state index >= 15 is 0 Å². The lowest BCUT2D eigenvalue weighted by Gasteiger charge is -2.42. The van der Waals surface area contributed by atoms with E-state index in [2.05, 4.69) is 27.7 Å². The largest absolute Gasteiger partial charge is 0.350 e. The van der Waals surface area contributed by atoms with Gasteiger partial charge >= 0.3 is 0 Å². The fourth-order valence-corrected chi connectivity index (χ4v) is 2.51. The zero-order chi connectivity index (χ0) is 15.7. The van der Waals surface area contributed by atoms with Crippen LogP contribution in [0.2, 0.25) is 0 Å². The molecule has 0 aromatic heterocycles. The number of ether oxygens (including phenoxy) is 2. The van der Waals surface area contributed by atoms with Gasteiger partial charge in [-0.3, -0.25) is 0 Å². The summed E-state index contributed by atoms with van der Waals surface area (Å²) in [6, 6.07) is 6.77. The maximum atomic E-state index is 13.0. The van der Waals surface area contributed by atoms with Crippen molar-refractivity contribution < 1.29 is 13.9 Å².